The minimum atomic E-state index is -3.60. The monoisotopic (exact) mass is 531 g/mol. The molecule has 5 rings (SSSR count). The molecule has 6 heteroatoms. The molecule has 2 aliphatic rings. The normalized spacial score (nSPS) is 17.7. The maximum Gasteiger partial charge on any atom is 0.306 e. The second-order valence-corrected chi connectivity index (χ2v) is 12.1. The van der Waals surface area contributed by atoms with Crippen LogP contribution in [0.4, 0.5) is 0 Å². The molecule has 1 aliphatic carbocycles. The van der Waals surface area contributed by atoms with Crippen molar-refractivity contribution in [1.82, 2.24) is 4.90 Å². The van der Waals surface area contributed by atoms with E-state index in [-0.39, 0.29) is 6.61 Å². The highest BCUT2D eigenvalue weighted by Gasteiger charge is 2.32. The average Bonchev–Trinajstić information content (AvgIpc) is 3.78. The summed E-state index contributed by atoms with van der Waals surface area (Å²) in [6, 6.07) is 27.4. The van der Waals surface area contributed by atoms with Crippen molar-refractivity contribution < 1.29 is 17.7 Å². The molecular weight excluding hydrogens is 494 g/mol. The number of piperidine rings is 1. The predicted octanol–water partition coefficient (Wildman–Crippen LogP) is 6.10. The van der Waals surface area contributed by atoms with Crippen LogP contribution in [0, 0.1) is 0 Å². The molecule has 0 bridgehead atoms. The van der Waals surface area contributed by atoms with Gasteiger partial charge in [-0.3, -0.25) is 0 Å². The lowest BCUT2D eigenvalue weighted by Gasteiger charge is -2.32. The Hall–Kier alpha value is -2.93. The highest BCUT2D eigenvalue weighted by atomic mass is 32.2. The molecule has 3 aromatic rings. The molecule has 0 aromatic heterocycles. The minimum Gasteiger partial charge on any atom is -0.396 e. The van der Waals surface area contributed by atoms with Crippen molar-refractivity contribution in [3.05, 3.63) is 101 Å². The molecule has 2 fully saturated rings. The molecule has 0 atom stereocenters. The Kier molecular flexibility index (Phi) is 8.32. The number of nitrogens with zero attached hydrogens (tertiary/aromatic N) is 1. The average molecular weight is 532 g/mol. The van der Waals surface area contributed by atoms with E-state index in [4.69, 9.17) is 4.18 Å². The quantitative estimate of drug-likeness (QED) is 0.253. The van der Waals surface area contributed by atoms with Crippen LogP contribution in [-0.2, 0) is 10.1 Å². The highest BCUT2D eigenvalue weighted by Crippen LogP contribution is 2.38. The number of hydrogen-bond acceptors (Lipinski definition) is 5. The molecule has 1 heterocycles. The lowest BCUT2D eigenvalue weighted by Crippen LogP contribution is -2.34. The van der Waals surface area contributed by atoms with Crippen LogP contribution in [0.25, 0.3) is 11.1 Å². The van der Waals surface area contributed by atoms with E-state index >= 15 is 0 Å². The Balaban J connectivity index is 1.50. The fourth-order valence-corrected chi connectivity index (χ4v) is 6.10. The summed E-state index contributed by atoms with van der Waals surface area (Å²) in [5, 5.41) is 9.67. The highest BCUT2D eigenvalue weighted by molar-refractivity contribution is 7.86. The molecule has 5 nitrogen and oxygen atoms in total. The number of allylic oxidation sites excluding steroid dienone is 1. The molecule has 1 saturated carbocycles. The van der Waals surface area contributed by atoms with Crippen molar-refractivity contribution in [2.75, 3.05) is 26.0 Å². The van der Waals surface area contributed by atoms with Gasteiger partial charge in [-0.1, -0.05) is 66.7 Å². The summed E-state index contributed by atoms with van der Waals surface area (Å²) >= 11 is 0. The van der Waals surface area contributed by atoms with Gasteiger partial charge in [-0.25, -0.2) is 0 Å². The van der Waals surface area contributed by atoms with Gasteiger partial charge in [0.15, 0.2) is 0 Å². The lowest BCUT2D eigenvalue weighted by atomic mass is 9.85. The van der Waals surface area contributed by atoms with Crippen LogP contribution in [-0.4, -0.2) is 50.4 Å². The van der Waals surface area contributed by atoms with Crippen LogP contribution in [0.3, 0.4) is 0 Å². The molecule has 38 heavy (non-hydrogen) atoms. The maximum absolute atomic E-state index is 11.6. The summed E-state index contributed by atoms with van der Waals surface area (Å²) in [6.07, 6.45) is 7.59. The summed E-state index contributed by atoms with van der Waals surface area (Å²) in [4.78, 5) is 2.66. The van der Waals surface area contributed by atoms with Crippen molar-refractivity contribution in [3.8, 4) is 5.75 Å². The minimum absolute atomic E-state index is 0.114. The van der Waals surface area contributed by atoms with Crippen molar-refractivity contribution in [2.45, 2.75) is 50.5 Å². The fraction of sp³-hybridized carbons (Fsp3) is 0.375. The van der Waals surface area contributed by atoms with Gasteiger partial charge in [0.25, 0.3) is 0 Å². The molecule has 0 spiro atoms. The summed E-state index contributed by atoms with van der Waals surface area (Å²) in [5.41, 5.74) is 6.85. The topological polar surface area (TPSA) is 66.8 Å². The number of hydrogen-bond donors (Lipinski definition) is 1. The number of aliphatic hydroxyl groups excluding tert-OH is 1. The number of likely N-dealkylation sites (tertiary alicyclic amines) is 1. The number of benzene rings is 3. The van der Waals surface area contributed by atoms with Crippen molar-refractivity contribution >= 4 is 21.3 Å². The van der Waals surface area contributed by atoms with Gasteiger partial charge in [-0.2, -0.15) is 8.42 Å². The Morgan fingerprint density at radius 2 is 1.45 bits per heavy atom. The van der Waals surface area contributed by atoms with Crippen LogP contribution in [0.15, 0.2) is 78.9 Å². The molecule has 1 saturated heterocycles. The number of aliphatic hydroxyl groups is 1. The summed E-state index contributed by atoms with van der Waals surface area (Å²) in [7, 11) is -3.60. The third kappa shape index (κ3) is 6.73. The summed E-state index contributed by atoms with van der Waals surface area (Å²) in [5.74, 6) is 0.891. The first-order valence-corrected chi connectivity index (χ1v) is 15.5. The third-order valence-electron chi connectivity index (χ3n) is 7.66. The standard InChI is InChI=1S/C32H37NO4S/c1-38(35,36)37-30-17-13-28(14-18-30)32(31(8-5-23-34)26-6-3-2-4-7-26)27-11-9-24(10-12-27)25-19-21-33(22-20-25)29-15-16-29/h2-4,6-7,9-14,17-18,25,29,34H,5,8,15-16,19-23H2,1H3/b32-31+. The third-order valence-corrected chi connectivity index (χ3v) is 8.16. The SMILES string of the molecule is CS(=O)(=O)Oc1ccc(/C(=C(\CCCO)c2ccccc2)c2ccc(C3CCN(C4CC4)CC3)cc2)cc1. The van der Waals surface area contributed by atoms with E-state index in [9.17, 15) is 13.5 Å². The van der Waals surface area contributed by atoms with Crippen LogP contribution in [0.1, 0.15) is 66.7 Å². The molecule has 1 aliphatic heterocycles. The van der Waals surface area contributed by atoms with Gasteiger partial charge in [0.05, 0.1) is 6.26 Å². The van der Waals surface area contributed by atoms with Crippen molar-refractivity contribution in [3.63, 3.8) is 0 Å². The van der Waals surface area contributed by atoms with E-state index in [0.29, 0.717) is 18.1 Å². The first kappa shape index (κ1) is 26.7. The van der Waals surface area contributed by atoms with E-state index in [1.54, 1.807) is 12.1 Å². The fourth-order valence-electron chi connectivity index (χ4n) is 5.64. The molecule has 3 aromatic carbocycles. The Bertz CT molecular complexity index is 1340. The van der Waals surface area contributed by atoms with Gasteiger partial charge in [-0.15, -0.1) is 0 Å². The molecule has 200 valence electrons. The Morgan fingerprint density at radius 3 is 2.00 bits per heavy atom. The van der Waals surface area contributed by atoms with Gasteiger partial charge in [-0.05, 0) is 103 Å². The zero-order valence-corrected chi connectivity index (χ0v) is 22.9. The van der Waals surface area contributed by atoms with Crippen molar-refractivity contribution in [1.29, 1.82) is 0 Å². The van der Waals surface area contributed by atoms with E-state index in [1.807, 2.05) is 30.3 Å². The predicted molar refractivity (Wildman–Crippen MR) is 154 cm³/mol. The molecule has 0 unspecified atom stereocenters. The molecule has 0 amide bonds. The largest absolute Gasteiger partial charge is 0.396 e. The van der Waals surface area contributed by atoms with Gasteiger partial charge in [0.1, 0.15) is 5.75 Å². The second kappa shape index (κ2) is 11.9. The van der Waals surface area contributed by atoms with Gasteiger partial charge in [0, 0.05) is 12.6 Å². The maximum atomic E-state index is 11.6. The zero-order chi connectivity index (χ0) is 26.5. The van der Waals surface area contributed by atoms with Crippen LogP contribution < -0.4 is 4.18 Å². The Morgan fingerprint density at radius 1 is 0.842 bits per heavy atom. The van der Waals surface area contributed by atoms with Crippen LogP contribution in [0.5, 0.6) is 5.75 Å². The molecule has 0 radical (unpaired) electrons. The summed E-state index contributed by atoms with van der Waals surface area (Å²) < 4.78 is 28.3. The van der Waals surface area contributed by atoms with E-state index < -0.39 is 10.1 Å². The van der Waals surface area contributed by atoms with Gasteiger partial charge in [0.2, 0.25) is 0 Å². The van der Waals surface area contributed by atoms with Crippen molar-refractivity contribution in [2.24, 2.45) is 0 Å². The van der Waals surface area contributed by atoms with E-state index in [1.165, 1.54) is 44.3 Å². The first-order chi connectivity index (χ1) is 18.4. The Labute approximate surface area is 226 Å². The van der Waals surface area contributed by atoms with Crippen LogP contribution >= 0.6 is 0 Å². The van der Waals surface area contributed by atoms with E-state index in [0.717, 1.165) is 46.6 Å². The van der Waals surface area contributed by atoms with E-state index in [2.05, 4.69) is 41.3 Å². The van der Waals surface area contributed by atoms with Crippen LogP contribution in [0.2, 0.25) is 0 Å². The summed E-state index contributed by atoms with van der Waals surface area (Å²) in [6.45, 7) is 2.51. The first-order valence-electron chi connectivity index (χ1n) is 13.6. The second-order valence-electron chi connectivity index (χ2n) is 10.5. The number of rotatable bonds is 10. The lowest BCUT2D eigenvalue weighted by molar-refractivity contribution is 0.203. The zero-order valence-electron chi connectivity index (χ0n) is 22.1. The van der Waals surface area contributed by atoms with Gasteiger partial charge < -0.3 is 14.2 Å². The van der Waals surface area contributed by atoms with Gasteiger partial charge >= 0.3 is 10.1 Å². The molecule has 1 N–H and O–H groups in total. The smallest absolute Gasteiger partial charge is 0.306 e. The molecular formula is C32H37NO4S.